The minimum atomic E-state index is 0.0840. The van der Waals surface area contributed by atoms with Crippen LogP contribution < -0.4 is 4.74 Å². The summed E-state index contributed by atoms with van der Waals surface area (Å²) in [5.41, 5.74) is 0. The summed E-state index contributed by atoms with van der Waals surface area (Å²) in [6.07, 6.45) is 0.0840. The predicted molar refractivity (Wildman–Crippen MR) is 61.6 cm³/mol. The standard InChI is InChI=1S/C9H11Br2NO2/c1-6(13-2)5-14-7-3-8(10)12-9(11)4-7/h3-4,6H,5H2,1-2H3/t6-/m0/s1. The van der Waals surface area contributed by atoms with E-state index in [0.29, 0.717) is 6.61 Å². The predicted octanol–water partition coefficient (Wildman–Crippen LogP) is 3.02. The molecule has 78 valence electrons. The van der Waals surface area contributed by atoms with E-state index < -0.39 is 0 Å². The van der Waals surface area contributed by atoms with Gasteiger partial charge >= 0.3 is 0 Å². The normalized spacial score (nSPS) is 12.6. The topological polar surface area (TPSA) is 31.4 Å². The summed E-state index contributed by atoms with van der Waals surface area (Å²) in [7, 11) is 1.66. The molecule has 1 atom stereocenters. The van der Waals surface area contributed by atoms with E-state index in [9.17, 15) is 0 Å². The van der Waals surface area contributed by atoms with E-state index in [-0.39, 0.29) is 6.10 Å². The summed E-state index contributed by atoms with van der Waals surface area (Å²) in [6, 6.07) is 3.63. The second-order valence-electron chi connectivity index (χ2n) is 2.81. The van der Waals surface area contributed by atoms with E-state index in [2.05, 4.69) is 36.8 Å². The fraction of sp³-hybridized carbons (Fsp3) is 0.444. The molecule has 0 radical (unpaired) electrons. The summed E-state index contributed by atoms with van der Waals surface area (Å²) in [5, 5.41) is 0. The molecular weight excluding hydrogens is 314 g/mol. The molecular formula is C9H11Br2NO2. The van der Waals surface area contributed by atoms with Crippen molar-refractivity contribution >= 4 is 31.9 Å². The molecule has 14 heavy (non-hydrogen) atoms. The second-order valence-corrected chi connectivity index (χ2v) is 4.43. The molecule has 0 N–H and O–H groups in total. The first kappa shape index (κ1) is 11.9. The fourth-order valence-corrected chi connectivity index (χ4v) is 1.88. The van der Waals surface area contributed by atoms with Gasteiger partial charge in [0.2, 0.25) is 0 Å². The average molecular weight is 325 g/mol. The number of rotatable bonds is 4. The highest BCUT2D eigenvalue weighted by Gasteiger charge is 2.03. The van der Waals surface area contributed by atoms with Crippen LogP contribution in [0, 0.1) is 0 Å². The molecule has 0 unspecified atom stereocenters. The zero-order valence-electron chi connectivity index (χ0n) is 7.96. The van der Waals surface area contributed by atoms with Gasteiger partial charge in [-0.05, 0) is 38.8 Å². The highest BCUT2D eigenvalue weighted by molar-refractivity contribution is 9.11. The van der Waals surface area contributed by atoms with Gasteiger partial charge in [-0.3, -0.25) is 0 Å². The number of methoxy groups -OCH3 is 1. The van der Waals surface area contributed by atoms with Crippen LogP contribution in [0.2, 0.25) is 0 Å². The minimum absolute atomic E-state index is 0.0840. The quantitative estimate of drug-likeness (QED) is 0.798. The molecule has 0 spiro atoms. The van der Waals surface area contributed by atoms with E-state index in [1.165, 1.54) is 0 Å². The molecule has 0 aromatic carbocycles. The van der Waals surface area contributed by atoms with Crippen LogP contribution in [-0.2, 0) is 4.74 Å². The number of pyridine rings is 1. The number of halogens is 2. The van der Waals surface area contributed by atoms with Crippen LogP contribution in [-0.4, -0.2) is 24.8 Å². The lowest BCUT2D eigenvalue weighted by atomic mass is 10.4. The average Bonchev–Trinajstić information content (AvgIpc) is 2.12. The van der Waals surface area contributed by atoms with Crippen molar-refractivity contribution in [1.29, 1.82) is 0 Å². The molecule has 0 amide bonds. The van der Waals surface area contributed by atoms with Gasteiger partial charge in [0, 0.05) is 19.2 Å². The van der Waals surface area contributed by atoms with Crippen LogP contribution in [0.1, 0.15) is 6.92 Å². The Kier molecular flexibility index (Phi) is 4.84. The van der Waals surface area contributed by atoms with Crippen molar-refractivity contribution in [3.05, 3.63) is 21.3 Å². The van der Waals surface area contributed by atoms with Gasteiger partial charge < -0.3 is 9.47 Å². The van der Waals surface area contributed by atoms with Crippen molar-refractivity contribution in [3.8, 4) is 5.75 Å². The highest BCUT2D eigenvalue weighted by atomic mass is 79.9. The van der Waals surface area contributed by atoms with Gasteiger partial charge in [0.15, 0.2) is 0 Å². The first-order valence-corrected chi connectivity index (χ1v) is 5.69. The van der Waals surface area contributed by atoms with Gasteiger partial charge in [0.1, 0.15) is 21.6 Å². The largest absolute Gasteiger partial charge is 0.491 e. The molecule has 5 heteroatoms. The van der Waals surface area contributed by atoms with E-state index in [1.54, 1.807) is 7.11 Å². The summed E-state index contributed by atoms with van der Waals surface area (Å²) in [5.74, 6) is 0.766. The Bertz CT molecular complexity index is 287. The molecule has 3 nitrogen and oxygen atoms in total. The Balaban J connectivity index is 2.58. The van der Waals surface area contributed by atoms with Crippen molar-refractivity contribution < 1.29 is 9.47 Å². The number of aromatic nitrogens is 1. The maximum absolute atomic E-state index is 5.50. The van der Waals surface area contributed by atoms with Crippen LogP contribution in [0.4, 0.5) is 0 Å². The van der Waals surface area contributed by atoms with Crippen molar-refractivity contribution in [1.82, 2.24) is 4.98 Å². The first-order chi connectivity index (χ1) is 6.61. The van der Waals surface area contributed by atoms with Crippen LogP contribution in [0.3, 0.4) is 0 Å². The number of hydrogen-bond donors (Lipinski definition) is 0. The van der Waals surface area contributed by atoms with Gasteiger partial charge in [0.25, 0.3) is 0 Å². The molecule has 0 saturated carbocycles. The van der Waals surface area contributed by atoms with Gasteiger partial charge in [-0.2, -0.15) is 0 Å². The molecule has 1 aromatic rings. The number of nitrogens with zero attached hydrogens (tertiary/aromatic N) is 1. The molecule has 0 aliphatic rings. The Morgan fingerprint density at radius 3 is 2.43 bits per heavy atom. The van der Waals surface area contributed by atoms with Crippen molar-refractivity contribution in [3.63, 3.8) is 0 Å². The van der Waals surface area contributed by atoms with Gasteiger partial charge in [-0.25, -0.2) is 4.98 Å². The lowest BCUT2D eigenvalue weighted by Gasteiger charge is -2.11. The second kappa shape index (κ2) is 5.68. The van der Waals surface area contributed by atoms with Gasteiger partial charge in [-0.15, -0.1) is 0 Å². The third-order valence-electron chi connectivity index (χ3n) is 1.62. The molecule has 0 aliphatic heterocycles. The van der Waals surface area contributed by atoms with Crippen molar-refractivity contribution in [2.45, 2.75) is 13.0 Å². The molecule has 0 saturated heterocycles. The Labute approximate surface area is 100 Å². The fourth-order valence-electron chi connectivity index (χ4n) is 0.808. The monoisotopic (exact) mass is 323 g/mol. The van der Waals surface area contributed by atoms with E-state index >= 15 is 0 Å². The number of ether oxygens (including phenoxy) is 2. The zero-order chi connectivity index (χ0) is 10.6. The van der Waals surface area contributed by atoms with E-state index in [0.717, 1.165) is 15.0 Å². The lowest BCUT2D eigenvalue weighted by molar-refractivity contribution is 0.0716. The molecule has 0 bridgehead atoms. The molecule has 1 heterocycles. The van der Waals surface area contributed by atoms with Gasteiger partial charge in [0.05, 0.1) is 6.10 Å². The van der Waals surface area contributed by atoms with Gasteiger partial charge in [-0.1, -0.05) is 0 Å². The zero-order valence-corrected chi connectivity index (χ0v) is 11.1. The van der Waals surface area contributed by atoms with E-state index in [1.807, 2.05) is 19.1 Å². The molecule has 0 fully saturated rings. The minimum Gasteiger partial charge on any atom is -0.491 e. The summed E-state index contributed by atoms with van der Waals surface area (Å²) >= 11 is 6.57. The SMILES string of the molecule is CO[C@@H](C)COc1cc(Br)nc(Br)c1. The molecule has 0 aliphatic carbocycles. The van der Waals surface area contributed by atoms with Crippen LogP contribution in [0.5, 0.6) is 5.75 Å². The molecule has 1 rings (SSSR count). The van der Waals surface area contributed by atoms with Crippen molar-refractivity contribution in [2.24, 2.45) is 0 Å². The Hall–Kier alpha value is -0.130. The van der Waals surface area contributed by atoms with Crippen LogP contribution in [0.15, 0.2) is 21.3 Å². The van der Waals surface area contributed by atoms with E-state index in [4.69, 9.17) is 9.47 Å². The van der Waals surface area contributed by atoms with Crippen molar-refractivity contribution in [2.75, 3.05) is 13.7 Å². The maximum Gasteiger partial charge on any atom is 0.124 e. The first-order valence-electron chi connectivity index (χ1n) is 4.10. The molecule has 1 aromatic heterocycles. The number of hydrogen-bond acceptors (Lipinski definition) is 3. The smallest absolute Gasteiger partial charge is 0.124 e. The third-order valence-corrected chi connectivity index (χ3v) is 2.44. The summed E-state index contributed by atoms with van der Waals surface area (Å²) in [4.78, 5) is 4.10. The Morgan fingerprint density at radius 1 is 1.36 bits per heavy atom. The maximum atomic E-state index is 5.50. The van der Waals surface area contributed by atoms with Crippen LogP contribution >= 0.6 is 31.9 Å². The Morgan fingerprint density at radius 2 is 1.93 bits per heavy atom. The highest BCUT2D eigenvalue weighted by Crippen LogP contribution is 2.21. The van der Waals surface area contributed by atoms with Crippen LogP contribution in [0.25, 0.3) is 0 Å². The summed E-state index contributed by atoms with van der Waals surface area (Å²) < 4.78 is 12.0. The lowest BCUT2D eigenvalue weighted by Crippen LogP contribution is -2.15. The third kappa shape index (κ3) is 3.94. The summed E-state index contributed by atoms with van der Waals surface area (Å²) in [6.45, 7) is 2.48.